The number of hydrogen-bond donors (Lipinski definition) is 1. The first-order valence-corrected chi connectivity index (χ1v) is 11.1. The average molecular weight is 411 g/mol. The van der Waals surface area contributed by atoms with Crippen LogP contribution in [0.3, 0.4) is 0 Å². The molecule has 0 bridgehead atoms. The minimum atomic E-state index is -0.239. The van der Waals surface area contributed by atoms with Gasteiger partial charge in [0.1, 0.15) is 11.4 Å². The molecule has 1 amide bonds. The molecule has 6 heteroatoms. The minimum absolute atomic E-state index is 0.0524. The molecule has 1 aliphatic heterocycles. The fraction of sp³-hybridized carbons (Fsp3) is 0.583. The predicted octanol–water partition coefficient (Wildman–Crippen LogP) is 4.09. The molecule has 0 spiro atoms. The molecule has 162 valence electrons. The summed E-state index contributed by atoms with van der Waals surface area (Å²) in [6.45, 7) is 8.92. The van der Waals surface area contributed by atoms with Crippen LogP contribution in [-0.4, -0.2) is 47.3 Å². The lowest BCUT2D eigenvalue weighted by molar-refractivity contribution is 0.0919. The summed E-state index contributed by atoms with van der Waals surface area (Å²) in [6.07, 6.45) is 4.74. The predicted molar refractivity (Wildman–Crippen MR) is 118 cm³/mol. The minimum Gasteiger partial charge on any atom is -0.496 e. The van der Waals surface area contributed by atoms with Crippen LogP contribution in [0.5, 0.6) is 5.75 Å². The van der Waals surface area contributed by atoms with Crippen molar-refractivity contribution in [1.82, 2.24) is 20.0 Å². The summed E-state index contributed by atoms with van der Waals surface area (Å²) in [7, 11) is 1.71. The van der Waals surface area contributed by atoms with E-state index in [1.807, 2.05) is 28.9 Å². The number of nitrogens with zero attached hydrogens (tertiary/aromatic N) is 3. The number of hydrogen-bond acceptors (Lipinski definition) is 4. The van der Waals surface area contributed by atoms with E-state index in [2.05, 4.69) is 37.1 Å². The van der Waals surface area contributed by atoms with Crippen molar-refractivity contribution in [3.05, 3.63) is 47.3 Å². The van der Waals surface area contributed by atoms with Crippen LogP contribution in [0, 0.1) is 0 Å². The number of para-hydroxylation sites is 1. The molecule has 2 aromatic rings. The summed E-state index contributed by atoms with van der Waals surface area (Å²) in [6, 6.07) is 10.2. The number of nitrogens with one attached hydrogen (secondary N) is 1. The number of ether oxygens (including phenoxy) is 1. The van der Waals surface area contributed by atoms with Crippen molar-refractivity contribution in [1.29, 1.82) is 0 Å². The van der Waals surface area contributed by atoms with Crippen molar-refractivity contribution < 1.29 is 9.53 Å². The Morgan fingerprint density at radius 2 is 1.93 bits per heavy atom. The average Bonchev–Trinajstić information content (AvgIpc) is 3.24. The topological polar surface area (TPSA) is 59.4 Å². The maximum absolute atomic E-state index is 13.3. The van der Waals surface area contributed by atoms with E-state index in [1.165, 1.54) is 25.7 Å². The molecule has 1 aliphatic carbocycles. The van der Waals surface area contributed by atoms with Crippen molar-refractivity contribution in [3.8, 4) is 5.75 Å². The summed E-state index contributed by atoms with van der Waals surface area (Å²) in [5, 5.41) is 7.99. The van der Waals surface area contributed by atoms with Crippen molar-refractivity contribution >= 4 is 5.91 Å². The van der Waals surface area contributed by atoms with Gasteiger partial charge in [0.25, 0.3) is 5.91 Å². The van der Waals surface area contributed by atoms with E-state index in [-0.39, 0.29) is 17.5 Å². The van der Waals surface area contributed by atoms with Crippen LogP contribution >= 0.6 is 0 Å². The first-order chi connectivity index (χ1) is 14.4. The van der Waals surface area contributed by atoms with Crippen LogP contribution in [-0.2, 0) is 5.54 Å². The third kappa shape index (κ3) is 4.38. The molecule has 2 aliphatic rings. The number of carbonyl (C=O) groups is 1. The second kappa shape index (κ2) is 8.42. The highest BCUT2D eigenvalue weighted by molar-refractivity contribution is 5.92. The third-order valence-electron chi connectivity index (χ3n) is 6.13. The van der Waals surface area contributed by atoms with Crippen LogP contribution < -0.4 is 10.1 Å². The van der Waals surface area contributed by atoms with Gasteiger partial charge in [-0.05, 0) is 71.7 Å². The van der Waals surface area contributed by atoms with Crippen molar-refractivity contribution in [2.45, 2.75) is 64.0 Å². The molecular formula is C24H34N4O2. The molecular weight excluding hydrogens is 376 g/mol. The Morgan fingerprint density at radius 3 is 2.57 bits per heavy atom. The van der Waals surface area contributed by atoms with Crippen molar-refractivity contribution in [3.63, 3.8) is 0 Å². The highest BCUT2D eigenvalue weighted by atomic mass is 16.5. The van der Waals surface area contributed by atoms with Crippen LogP contribution in [0.2, 0.25) is 0 Å². The van der Waals surface area contributed by atoms with Gasteiger partial charge in [-0.2, -0.15) is 5.10 Å². The molecule has 6 nitrogen and oxygen atoms in total. The van der Waals surface area contributed by atoms with E-state index in [4.69, 9.17) is 9.84 Å². The van der Waals surface area contributed by atoms with E-state index in [9.17, 15) is 4.79 Å². The number of rotatable bonds is 7. The fourth-order valence-electron chi connectivity index (χ4n) is 4.36. The second-order valence-corrected chi connectivity index (χ2v) is 9.52. The molecule has 1 N–H and O–H groups in total. The summed E-state index contributed by atoms with van der Waals surface area (Å²) in [5.74, 6) is 1.34. The van der Waals surface area contributed by atoms with E-state index in [1.54, 1.807) is 7.11 Å². The van der Waals surface area contributed by atoms with Gasteiger partial charge in [-0.15, -0.1) is 0 Å². The zero-order valence-electron chi connectivity index (χ0n) is 18.6. The highest BCUT2D eigenvalue weighted by Crippen LogP contribution is 2.40. The zero-order valence-corrected chi connectivity index (χ0v) is 18.6. The van der Waals surface area contributed by atoms with Crippen LogP contribution in [0.25, 0.3) is 0 Å². The number of methoxy groups -OCH3 is 1. The maximum Gasteiger partial charge on any atom is 0.269 e. The Hall–Kier alpha value is -2.34. The number of amides is 1. The van der Waals surface area contributed by atoms with Crippen LogP contribution in [0.15, 0.2) is 30.3 Å². The van der Waals surface area contributed by atoms with Gasteiger partial charge in [-0.3, -0.25) is 14.4 Å². The van der Waals surface area contributed by atoms with E-state index in [0.29, 0.717) is 18.2 Å². The van der Waals surface area contributed by atoms with Crippen molar-refractivity contribution in [2.24, 2.45) is 0 Å². The summed E-state index contributed by atoms with van der Waals surface area (Å²) in [5.41, 5.74) is 2.60. The lowest BCUT2D eigenvalue weighted by atomic mass is 10.0. The van der Waals surface area contributed by atoms with Gasteiger partial charge in [-0.25, -0.2) is 0 Å². The fourth-order valence-corrected chi connectivity index (χ4v) is 4.36. The van der Waals surface area contributed by atoms with E-state index >= 15 is 0 Å². The highest BCUT2D eigenvalue weighted by Gasteiger charge is 2.32. The number of carbonyl (C=O) groups excluding carboxylic acids is 1. The van der Waals surface area contributed by atoms with Gasteiger partial charge in [0.2, 0.25) is 0 Å². The lowest BCUT2D eigenvalue weighted by Crippen LogP contribution is -2.38. The third-order valence-corrected chi connectivity index (χ3v) is 6.13. The smallest absolute Gasteiger partial charge is 0.269 e. The van der Waals surface area contributed by atoms with Gasteiger partial charge in [-0.1, -0.05) is 18.2 Å². The van der Waals surface area contributed by atoms with Gasteiger partial charge in [0.05, 0.1) is 24.4 Å². The molecule has 1 saturated carbocycles. The monoisotopic (exact) mass is 410 g/mol. The van der Waals surface area contributed by atoms with E-state index < -0.39 is 0 Å². The first kappa shape index (κ1) is 20.9. The molecule has 30 heavy (non-hydrogen) atoms. The second-order valence-electron chi connectivity index (χ2n) is 9.52. The standard InChI is InChI=1S/C24H34N4O2/c1-24(2,3)28-20(15-19(26-28)17-11-12-17)23(29)25-16-21(27-13-7-8-14-27)18-9-5-6-10-22(18)30-4/h5-6,9-10,15,17,21H,7-8,11-14,16H2,1-4H3,(H,25,29). The largest absolute Gasteiger partial charge is 0.496 e. The first-order valence-electron chi connectivity index (χ1n) is 11.1. The van der Waals surface area contributed by atoms with E-state index in [0.717, 1.165) is 30.1 Å². The number of likely N-dealkylation sites (tertiary alicyclic amines) is 1. The molecule has 1 unspecified atom stereocenters. The Balaban J connectivity index is 1.56. The number of aromatic nitrogens is 2. The normalized spacial score (nSPS) is 18.4. The maximum atomic E-state index is 13.3. The molecule has 1 aromatic heterocycles. The van der Waals surface area contributed by atoms with Gasteiger partial charge < -0.3 is 10.1 Å². The molecule has 4 rings (SSSR count). The molecule has 2 fully saturated rings. The Kier molecular flexibility index (Phi) is 5.87. The Bertz CT molecular complexity index is 889. The van der Waals surface area contributed by atoms with Crippen molar-refractivity contribution in [2.75, 3.05) is 26.7 Å². The SMILES string of the molecule is COc1ccccc1C(CNC(=O)c1cc(C2CC2)nn1C(C)(C)C)N1CCCC1. The number of benzene rings is 1. The molecule has 1 aromatic carbocycles. The summed E-state index contributed by atoms with van der Waals surface area (Å²) in [4.78, 5) is 15.7. The van der Waals surface area contributed by atoms with Crippen LogP contribution in [0.4, 0.5) is 0 Å². The lowest BCUT2D eigenvalue weighted by Gasteiger charge is -2.29. The summed E-state index contributed by atoms with van der Waals surface area (Å²) < 4.78 is 7.52. The van der Waals surface area contributed by atoms with Gasteiger partial charge >= 0.3 is 0 Å². The molecule has 1 saturated heterocycles. The van der Waals surface area contributed by atoms with Crippen LogP contribution in [0.1, 0.15) is 80.2 Å². The van der Waals surface area contributed by atoms with Gasteiger partial charge in [0.15, 0.2) is 0 Å². The Labute approximate surface area is 179 Å². The zero-order chi connectivity index (χ0) is 21.3. The van der Waals surface area contributed by atoms with Gasteiger partial charge in [0, 0.05) is 18.0 Å². The molecule has 0 radical (unpaired) electrons. The molecule has 2 heterocycles. The Morgan fingerprint density at radius 1 is 1.23 bits per heavy atom. The molecule has 1 atom stereocenters. The quantitative estimate of drug-likeness (QED) is 0.747. The summed E-state index contributed by atoms with van der Waals surface area (Å²) >= 11 is 0.